The van der Waals surface area contributed by atoms with E-state index >= 15 is 0 Å². The van der Waals surface area contributed by atoms with Crippen molar-refractivity contribution in [3.05, 3.63) is 48.0 Å². The van der Waals surface area contributed by atoms with Crippen LogP contribution in [0.25, 0.3) is 0 Å². The second kappa shape index (κ2) is 7.87. The Labute approximate surface area is 132 Å². The maximum absolute atomic E-state index is 14.0. The zero-order valence-corrected chi connectivity index (χ0v) is 13.4. The lowest BCUT2D eigenvalue weighted by molar-refractivity contribution is -0.256. The predicted octanol–water partition coefficient (Wildman–Crippen LogP) is 5.74. The van der Waals surface area contributed by atoms with Gasteiger partial charge in [0.2, 0.25) is 0 Å². The Morgan fingerprint density at radius 2 is 1.73 bits per heavy atom. The largest absolute Gasteiger partial charge is 0.356 e. The van der Waals surface area contributed by atoms with Gasteiger partial charge in [0, 0.05) is 6.42 Å². The molecule has 0 amide bonds. The van der Waals surface area contributed by atoms with Crippen molar-refractivity contribution in [1.29, 1.82) is 0 Å². The Bertz CT molecular complexity index is 459. The maximum atomic E-state index is 14.0. The molecule has 2 rings (SSSR count). The van der Waals surface area contributed by atoms with Gasteiger partial charge in [-0.15, -0.1) is 6.58 Å². The predicted molar refractivity (Wildman–Crippen MR) is 85.8 cm³/mol. The van der Waals surface area contributed by atoms with Crippen LogP contribution in [-0.2, 0) is 17.8 Å². The first-order chi connectivity index (χ1) is 10.5. The molecule has 1 fully saturated rings. The fourth-order valence-corrected chi connectivity index (χ4v) is 3.08. The van der Waals surface area contributed by atoms with Gasteiger partial charge in [0.25, 0.3) is 0 Å². The summed E-state index contributed by atoms with van der Waals surface area (Å²) in [6, 6.07) is 7.66. The van der Waals surface area contributed by atoms with Crippen LogP contribution in [0.3, 0.4) is 0 Å². The Kier molecular flexibility index (Phi) is 6.13. The second-order valence-electron chi connectivity index (χ2n) is 6.32. The molecule has 1 aliphatic rings. The molecule has 122 valence electrons. The Morgan fingerprint density at radius 3 is 2.27 bits per heavy atom. The van der Waals surface area contributed by atoms with Crippen LogP contribution >= 0.6 is 0 Å². The van der Waals surface area contributed by atoms with Gasteiger partial charge in [-0.2, -0.15) is 8.78 Å². The minimum absolute atomic E-state index is 0.0288. The molecule has 1 aliphatic carbocycles. The summed E-state index contributed by atoms with van der Waals surface area (Å²) >= 11 is 0. The summed E-state index contributed by atoms with van der Waals surface area (Å²) in [5.74, 6) is 0.566. The van der Waals surface area contributed by atoms with Crippen LogP contribution in [0.15, 0.2) is 36.9 Å². The number of hydrogen-bond donors (Lipinski definition) is 0. The summed E-state index contributed by atoms with van der Waals surface area (Å²) in [6.07, 6.45) is 3.35. The summed E-state index contributed by atoms with van der Waals surface area (Å²) in [5.41, 5.74) is 2.00. The zero-order valence-electron chi connectivity index (χ0n) is 13.4. The highest BCUT2D eigenvalue weighted by Crippen LogP contribution is 2.36. The molecule has 0 heterocycles. The smallest absolute Gasteiger partial charge is 0.316 e. The number of hydrogen-bond acceptors (Lipinski definition) is 1. The van der Waals surface area contributed by atoms with Gasteiger partial charge in [0.15, 0.2) is 0 Å². The van der Waals surface area contributed by atoms with Crippen LogP contribution in [0.4, 0.5) is 8.78 Å². The molecule has 3 heteroatoms. The topological polar surface area (TPSA) is 9.23 Å². The average molecular weight is 308 g/mol. The molecule has 0 aliphatic heterocycles. The Morgan fingerprint density at radius 1 is 1.14 bits per heavy atom. The first-order valence-electron chi connectivity index (χ1n) is 8.24. The van der Waals surface area contributed by atoms with Gasteiger partial charge in [-0.25, -0.2) is 0 Å². The molecule has 0 bridgehead atoms. The van der Waals surface area contributed by atoms with Crippen LogP contribution in [0.5, 0.6) is 0 Å². The molecule has 1 nitrogen and oxygen atoms in total. The van der Waals surface area contributed by atoms with E-state index in [9.17, 15) is 8.78 Å². The van der Waals surface area contributed by atoms with Crippen LogP contribution < -0.4 is 0 Å². The van der Waals surface area contributed by atoms with Crippen molar-refractivity contribution < 1.29 is 13.5 Å². The Hall–Kier alpha value is -1.22. The third kappa shape index (κ3) is 5.20. The van der Waals surface area contributed by atoms with E-state index < -0.39 is 6.11 Å². The van der Waals surface area contributed by atoms with E-state index in [0.717, 1.165) is 37.7 Å². The molecule has 0 spiro atoms. The van der Waals surface area contributed by atoms with Crippen LogP contribution in [0.2, 0.25) is 0 Å². The fourth-order valence-electron chi connectivity index (χ4n) is 3.08. The average Bonchev–Trinajstić information content (AvgIpc) is 2.54. The SMILES string of the molecule is C=CC1CCC(CC(F)(F)OCc2ccc(CC)cc2)CC1. The number of halogens is 2. The van der Waals surface area contributed by atoms with Crippen molar-refractivity contribution in [3.8, 4) is 0 Å². The van der Waals surface area contributed by atoms with Gasteiger partial charge >= 0.3 is 6.11 Å². The summed E-state index contributed by atoms with van der Waals surface area (Å²) < 4.78 is 32.8. The van der Waals surface area contributed by atoms with E-state index in [0.29, 0.717) is 5.92 Å². The molecule has 22 heavy (non-hydrogen) atoms. The van der Waals surface area contributed by atoms with Gasteiger partial charge in [-0.05, 0) is 55.1 Å². The van der Waals surface area contributed by atoms with E-state index in [1.165, 1.54) is 5.56 Å². The van der Waals surface area contributed by atoms with Crippen molar-refractivity contribution in [3.63, 3.8) is 0 Å². The van der Waals surface area contributed by atoms with Crippen LogP contribution in [0.1, 0.15) is 50.2 Å². The van der Waals surface area contributed by atoms with Crippen molar-refractivity contribution in [1.82, 2.24) is 0 Å². The van der Waals surface area contributed by atoms with E-state index in [1.807, 2.05) is 30.3 Å². The molecule has 1 saturated carbocycles. The highest BCUT2D eigenvalue weighted by molar-refractivity contribution is 5.21. The zero-order chi connectivity index (χ0) is 16.0. The molecule has 0 N–H and O–H groups in total. The number of benzene rings is 1. The Balaban J connectivity index is 1.79. The summed E-state index contributed by atoms with van der Waals surface area (Å²) in [4.78, 5) is 0. The standard InChI is InChI=1S/C19H26F2O/c1-3-15-5-9-17(10-6-15)13-19(20,21)22-14-18-11-7-16(4-2)8-12-18/h3,7-8,11-12,15,17H,1,4-6,9-10,13-14H2,2H3. The van der Waals surface area contributed by atoms with Crippen molar-refractivity contribution in [2.45, 2.75) is 58.2 Å². The molecule has 0 saturated heterocycles. The van der Waals surface area contributed by atoms with E-state index in [1.54, 1.807) is 0 Å². The number of rotatable bonds is 7. The first-order valence-corrected chi connectivity index (χ1v) is 8.24. The van der Waals surface area contributed by atoms with Crippen molar-refractivity contribution in [2.75, 3.05) is 0 Å². The molecule has 0 unspecified atom stereocenters. The number of alkyl halides is 2. The molecule has 0 radical (unpaired) electrons. The number of ether oxygens (including phenoxy) is 1. The number of allylic oxidation sites excluding steroid dienone is 1. The van der Waals surface area contributed by atoms with Crippen molar-refractivity contribution in [2.24, 2.45) is 11.8 Å². The van der Waals surface area contributed by atoms with Gasteiger partial charge < -0.3 is 4.74 Å². The number of aryl methyl sites for hydroxylation is 1. The minimum Gasteiger partial charge on any atom is -0.316 e. The van der Waals surface area contributed by atoms with Crippen molar-refractivity contribution >= 4 is 0 Å². The van der Waals surface area contributed by atoms with E-state index in [4.69, 9.17) is 4.74 Å². The maximum Gasteiger partial charge on any atom is 0.356 e. The van der Waals surface area contributed by atoms with Gasteiger partial charge in [-0.1, -0.05) is 37.3 Å². The quantitative estimate of drug-likeness (QED) is 0.583. The fraction of sp³-hybridized carbons (Fsp3) is 0.579. The summed E-state index contributed by atoms with van der Waals surface area (Å²) in [6.45, 7) is 5.83. The van der Waals surface area contributed by atoms with E-state index in [-0.39, 0.29) is 18.9 Å². The second-order valence-corrected chi connectivity index (χ2v) is 6.32. The van der Waals surface area contributed by atoms with Crippen LogP contribution in [-0.4, -0.2) is 6.11 Å². The molecule has 1 aromatic rings. The first kappa shape index (κ1) is 17.1. The molecule has 0 aromatic heterocycles. The molecule has 1 aromatic carbocycles. The van der Waals surface area contributed by atoms with Gasteiger partial charge in [-0.3, -0.25) is 0 Å². The lowest BCUT2D eigenvalue weighted by atomic mass is 9.80. The van der Waals surface area contributed by atoms with Gasteiger partial charge in [0.05, 0.1) is 6.61 Å². The normalized spacial score (nSPS) is 22.5. The lowest BCUT2D eigenvalue weighted by Gasteiger charge is -2.29. The van der Waals surface area contributed by atoms with Crippen LogP contribution in [0, 0.1) is 11.8 Å². The summed E-state index contributed by atoms with van der Waals surface area (Å²) in [7, 11) is 0. The lowest BCUT2D eigenvalue weighted by Crippen LogP contribution is -2.26. The molecular formula is C19H26F2O. The highest BCUT2D eigenvalue weighted by Gasteiger charge is 2.35. The third-order valence-electron chi connectivity index (χ3n) is 4.63. The minimum atomic E-state index is -3.03. The molecular weight excluding hydrogens is 282 g/mol. The molecule has 0 atom stereocenters. The summed E-state index contributed by atoms with van der Waals surface area (Å²) in [5, 5.41) is 0. The van der Waals surface area contributed by atoms with Gasteiger partial charge in [0.1, 0.15) is 0 Å². The van der Waals surface area contributed by atoms with E-state index in [2.05, 4.69) is 13.5 Å². The highest BCUT2D eigenvalue weighted by atomic mass is 19.3. The third-order valence-corrected chi connectivity index (χ3v) is 4.63. The monoisotopic (exact) mass is 308 g/mol.